The third-order valence-electron chi connectivity index (χ3n) is 2.48. The molecule has 2 heteroatoms. The molecule has 1 nitrogen and oxygen atoms in total. The number of rotatable bonds is 5. The van der Waals surface area contributed by atoms with E-state index in [9.17, 15) is 4.79 Å². The van der Waals surface area contributed by atoms with Crippen molar-refractivity contribution in [1.29, 1.82) is 0 Å². The third kappa shape index (κ3) is 3.24. The van der Waals surface area contributed by atoms with Gasteiger partial charge < -0.3 is 0 Å². The van der Waals surface area contributed by atoms with Crippen LogP contribution in [-0.4, -0.2) is 17.8 Å². The molecule has 0 fully saturated rings. The van der Waals surface area contributed by atoms with Gasteiger partial charge in [-0.05, 0) is 17.7 Å². The van der Waals surface area contributed by atoms with E-state index in [2.05, 4.69) is 20.4 Å². The van der Waals surface area contributed by atoms with Crippen molar-refractivity contribution in [2.75, 3.05) is 12.0 Å². The van der Waals surface area contributed by atoms with E-state index in [1.807, 2.05) is 30.5 Å². The number of benzene rings is 1. The van der Waals surface area contributed by atoms with Crippen LogP contribution in [0.5, 0.6) is 0 Å². The summed E-state index contributed by atoms with van der Waals surface area (Å²) < 4.78 is 0. The molecule has 0 amide bonds. The Hall–Kier alpha value is -1.02. The SMILES string of the molecule is C=C(CSC)C(=O)c1ccc(C(C)C)cc1. The summed E-state index contributed by atoms with van der Waals surface area (Å²) in [4.78, 5) is 11.9. The van der Waals surface area contributed by atoms with E-state index >= 15 is 0 Å². The highest BCUT2D eigenvalue weighted by molar-refractivity contribution is 7.98. The lowest BCUT2D eigenvalue weighted by Gasteiger charge is -2.07. The van der Waals surface area contributed by atoms with Gasteiger partial charge in [-0.1, -0.05) is 44.7 Å². The standard InChI is InChI=1S/C14H18OS/c1-10(2)12-5-7-13(8-6-12)14(15)11(3)9-16-4/h5-8,10H,3,9H2,1-2,4H3. The van der Waals surface area contributed by atoms with Gasteiger partial charge in [0.25, 0.3) is 0 Å². The van der Waals surface area contributed by atoms with Crippen LogP contribution < -0.4 is 0 Å². The van der Waals surface area contributed by atoms with Gasteiger partial charge in [0.1, 0.15) is 0 Å². The van der Waals surface area contributed by atoms with E-state index in [1.165, 1.54) is 5.56 Å². The first kappa shape index (κ1) is 13.0. The second kappa shape index (κ2) is 5.90. The van der Waals surface area contributed by atoms with Crippen molar-refractivity contribution < 1.29 is 4.79 Å². The summed E-state index contributed by atoms with van der Waals surface area (Å²) in [6.45, 7) is 8.09. The Labute approximate surface area is 102 Å². The number of carbonyl (C=O) groups excluding carboxylic acids is 1. The van der Waals surface area contributed by atoms with Gasteiger partial charge in [0.05, 0.1) is 0 Å². The first-order valence-electron chi connectivity index (χ1n) is 5.37. The highest BCUT2D eigenvalue weighted by atomic mass is 32.2. The van der Waals surface area contributed by atoms with Crippen LogP contribution in [0, 0.1) is 0 Å². The van der Waals surface area contributed by atoms with Crippen LogP contribution in [0.2, 0.25) is 0 Å². The van der Waals surface area contributed by atoms with Gasteiger partial charge in [-0.15, -0.1) is 0 Å². The van der Waals surface area contributed by atoms with Gasteiger partial charge in [0, 0.05) is 16.9 Å². The minimum absolute atomic E-state index is 0.0599. The molecule has 0 aliphatic carbocycles. The first-order valence-corrected chi connectivity index (χ1v) is 6.77. The van der Waals surface area contributed by atoms with Crippen molar-refractivity contribution in [1.82, 2.24) is 0 Å². The van der Waals surface area contributed by atoms with Gasteiger partial charge in [0.2, 0.25) is 0 Å². The zero-order valence-electron chi connectivity index (χ0n) is 10.1. The van der Waals surface area contributed by atoms with Gasteiger partial charge in [-0.2, -0.15) is 11.8 Å². The van der Waals surface area contributed by atoms with Crippen molar-refractivity contribution in [3.63, 3.8) is 0 Å². The van der Waals surface area contributed by atoms with Crippen LogP contribution in [0.3, 0.4) is 0 Å². The molecule has 0 spiro atoms. The number of thioether (sulfide) groups is 1. The van der Waals surface area contributed by atoms with Crippen LogP contribution in [0.15, 0.2) is 36.4 Å². The van der Waals surface area contributed by atoms with Crippen molar-refractivity contribution >= 4 is 17.5 Å². The number of Topliss-reactive ketones (excluding diaryl/α,β-unsaturated/α-hetero) is 1. The first-order chi connectivity index (χ1) is 7.56. The molecular weight excluding hydrogens is 216 g/mol. The molecule has 0 unspecified atom stereocenters. The number of hydrogen-bond donors (Lipinski definition) is 0. The van der Waals surface area contributed by atoms with Crippen molar-refractivity contribution in [2.24, 2.45) is 0 Å². The zero-order valence-corrected chi connectivity index (χ0v) is 10.9. The normalized spacial score (nSPS) is 10.5. The summed E-state index contributed by atoms with van der Waals surface area (Å²) >= 11 is 1.62. The van der Waals surface area contributed by atoms with E-state index in [-0.39, 0.29) is 5.78 Å². The van der Waals surface area contributed by atoms with Crippen LogP contribution in [0.1, 0.15) is 35.7 Å². The summed E-state index contributed by atoms with van der Waals surface area (Å²) in [6, 6.07) is 7.82. The second-order valence-electron chi connectivity index (χ2n) is 4.14. The number of carbonyl (C=O) groups is 1. The molecule has 0 aliphatic heterocycles. The average molecular weight is 234 g/mol. The topological polar surface area (TPSA) is 17.1 Å². The predicted octanol–water partition coefficient (Wildman–Crippen LogP) is 3.91. The van der Waals surface area contributed by atoms with Crippen molar-refractivity contribution in [3.05, 3.63) is 47.5 Å². The molecule has 0 N–H and O–H groups in total. The molecule has 1 aromatic rings. The minimum atomic E-state index is 0.0599. The molecule has 1 aromatic carbocycles. The fraction of sp³-hybridized carbons (Fsp3) is 0.357. The molecule has 0 saturated heterocycles. The molecule has 0 aliphatic rings. The monoisotopic (exact) mass is 234 g/mol. The van der Waals surface area contributed by atoms with Crippen LogP contribution in [0.4, 0.5) is 0 Å². The van der Waals surface area contributed by atoms with E-state index in [0.717, 1.165) is 5.56 Å². The van der Waals surface area contributed by atoms with Gasteiger partial charge in [0.15, 0.2) is 5.78 Å². The average Bonchev–Trinajstić information content (AvgIpc) is 2.28. The zero-order chi connectivity index (χ0) is 12.1. The van der Waals surface area contributed by atoms with Crippen molar-refractivity contribution in [3.8, 4) is 0 Å². The highest BCUT2D eigenvalue weighted by Crippen LogP contribution is 2.17. The molecular formula is C14H18OS. The van der Waals surface area contributed by atoms with Gasteiger partial charge in [-0.25, -0.2) is 0 Å². The smallest absolute Gasteiger partial charge is 0.189 e. The lowest BCUT2D eigenvalue weighted by molar-refractivity contribution is 0.103. The largest absolute Gasteiger partial charge is 0.289 e. The molecule has 0 saturated carbocycles. The van der Waals surface area contributed by atoms with E-state index in [4.69, 9.17) is 0 Å². The number of hydrogen-bond acceptors (Lipinski definition) is 2. The molecule has 16 heavy (non-hydrogen) atoms. The van der Waals surface area contributed by atoms with E-state index in [0.29, 0.717) is 17.2 Å². The Balaban J connectivity index is 2.81. The fourth-order valence-electron chi connectivity index (χ4n) is 1.46. The van der Waals surface area contributed by atoms with Crippen LogP contribution in [0.25, 0.3) is 0 Å². The van der Waals surface area contributed by atoms with Crippen LogP contribution in [-0.2, 0) is 0 Å². The van der Waals surface area contributed by atoms with E-state index < -0.39 is 0 Å². The Kier molecular flexibility index (Phi) is 4.81. The summed E-state index contributed by atoms with van der Waals surface area (Å²) in [5, 5.41) is 0. The Bertz CT molecular complexity index is 376. The predicted molar refractivity (Wildman–Crippen MR) is 72.4 cm³/mol. The number of ketones is 1. The Morgan fingerprint density at radius 2 is 1.88 bits per heavy atom. The summed E-state index contributed by atoms with van der Waals surface area (Å²) in [7, 11) is 0. The maximum atomic E-state index is 11.9. The molecule has 0 atom stereocenters. The Morgan fingerprint density at radius 3 is 2.31 bits per heavy atom. The quantitative estimate of drug-likeness (QED) is 0.567. The maximum absolute atomic E-state index is 11.9. The van der Waals surface area contributed by atoms with E-state index in [1.54, 1.807) is 11.8 Å². The van der Waals surface area contributed by atoms with Crippen LogP contribution >= 0.6 is 11.8 Å². The minimum Gasteiger partial charge on any atom is -0.289 e. The van der Waals surface area contributed by atoms with Crippen molar-refractivity contribution in [2.45, 2.75) is 19.8 Å². The summed E-state index contributed by atoms with van der Waals surface area (Å²) in [5.74, 6) is 1.26. The molecule has 1 rings (SSSR count). The summed E-state index contributed by atoms with van der Waals surface area (Å²) in [6.07, 6.45) is 1.97. The second-order valence-corrected chi connectivity index (χ2v) is 5.01. The fourth-order valence-corrected chi connectivity index (χ4v) is 1.94. The molecule has 0 aromatic heterocycles. The lowest BCUT2D eigenvalue weighted by atomic mass is 9.99. The molecule has 0 radical (unpaired) electrons. The molecule has 0 heterocycles. The van der Waals surface area contributed by atoms with Gasteiger partial charge in [-0.3, -0.25) is 4.79 Å². The molecule has 0 bridgehead atoms. The summed E-state index contributed by atoms with van der Waals surface area (Å²) in [5.41, 5.74) is 2.67. The maximum Gasteiger partial charge on any atom is 0.189 e. The van der Waals surface area contributed by atoms with Gasteiger partial charge >= 0.3 is 0 Å². The third-order valence-corrected chi connectivity index (χ3v) is 3.12. The Morgan fingerprint density at radius 1 is 1.31 bits per heavy atom. The highest BCUT2D eigenvalue weighted by Gasteiger charge is 2.09. The molecule has 86 valence electrons. The lowest BCUT2D eigenvalue weighted by Crippen LogP contribution is -2.04.